The van der Waals surface area contributed by atoms with Crippen molar-refractivity contribution in [2.24, 2.45) is 0 Å². The van der Waals surface area contributed by atoms with Gasteiger partial charge in [-0.05, 0) is 37.1 Å². The Kier molecular flexibility index (Phi) is 8.39. The van der Waals surface area contributed by atoms with E-state index in [-0.39, 0.29) is 24.4 Å². The fraction of sp³-hybridized carbons (Fsp3) is 0.222. The third-order valence-electron chi connectivity index (χ3n) is 5.31. The highest BCUT2D eigenvalue weighted by Gasteiger charge is 2.15. The Morgan fingerprint density at radius 3 is 2.46 bits per heavy atom. The number of methoxy groups -OCH3 is 1. The summed E-state index contributed by atoms with van der Waals surface area (Å²) in [6.45, 7) is 2.05. The molecule has 0 aliphatic carbocycles. The molecule has 0 saturated carbocycles. The largest absolute Gasteiger partial charge is 0.479 e. The number of pyridine rings is 1. The van der Waals surface area contributed by atoms with E-state index in [9.17, 15) is 8.78 Å². The van der Waals surface area contributed by atoms with Gasteiger partial charge in [0.25, 0.3) is 0 Å². The maximum atomic E-state index is 14.1. The number of thioether (sulfide) groups is 1. The van der Waals surface area contributed by atoms with E-state index in [0.29, 0.717) is 34.2 Å². The van der Waals surface area contributed by atoms with Gasteiger partial charge in [-0.1, -0.05) is 60.3 Å². The van der Waals surface area contributed by atoms with Crippen molar-refractivity contribution in [3.05, 3.63) is 101 Å². The molecule has 0 amide bonds. The van der Waals surface area contributed by atoms with Crippen molar-refractivity contribution in [2.75, 3.05) is 12.9 Å². The Morgan fingerprint density at radius 2 is 1.71 bits per heavy atom. The van der Waals surface area contributed by atoms with Gasteiger partial charge in [0.05, 0.1) is 25.5 Å². The van der Waals surface area contributed by atoms with Crippen LogP contribution in [0, 0.1) is 18.6 Å². The quantitative estimate of drug-likeness (QED) is 0.184. The molecule has 2 aromatic heterocycles. The predicted molar refractivity (Wildman–Crippen MR) is 132 cm³/mol. The minimum atomic E-state index is -0.548. The molecule has 1 unspecified atom stereocenters. The zero-order valence-electron chi connectivity index (χ0n) is 19.4. The van der Waals surface area contributed by atoms with Crippen molar-refractivity contribution in [1.29, 1.82) is 0 Å². The maximum absolute atomic E-state index is 14.1. The van der Waals surface area contributed by atoms with E-state index < -0.39 is 5.82 Å². The van der Waals surface area contributed by atoms with Crippen LogP contribution in [0.4, 0.5) is 8.78 Å². The minimum Gasteiger partial charge on any atom is -0.479 e. The number of hydrogen-bond donors (Lipinski definition) is 0. The molecule has 0 spiro atoms. The first-order valence-electron chi connectivity index (χ1n) is 11.1. The molecule has 2 heterocycles. The van der Waals surface area contributed by atoms with E-state index in [4.69, 9.17) is 9.47 Å². The third-order valence-corrected chi connectivity index (χ3v) is 6.19. The van der Waals surface area contributed by atoms with Crippen LogP contribution in [-0.4, -0.2) is 27.8 Å². The summed E-state index contributed by atoms with van der Waals surface area (Å²) in [4.78, 5) is 13.1. The van der Waals surface area contributed by atoms with Gasteiger partial charge in [-0.15, -0.1) is 0 Å². The van der Waals surface area contributed by atoms with E-state index in [1.165, 1.54) is 37.2 Å². The predicted octanol–water partition coefficient (Wildman–Crippen LogP) is 6.57. The van der Waals surface area contributed by atoms with E-state index >= 15 is 0 Å². The van der Waals surface area contributed by atoms with Crippen molar-refractivity contribution >= 4 is 11.8 Å². The first-order chi connectivity index (χ1) is 17.0. The molecule has 0 aliphatic heterocycles. The van der Waals surface area contributed by atoms with Gasteiger partial charge in [0.2, 0.25) is 5.88 Å². The fourth-order valence-electron chi connectivity index (χ4n) is 3.55. The summed E-state index contributed by atoms with van der Waals surface area (Å²) >= 11 is 1.49. The summed E-state index contributed by atoms with van der Waals surface area (Å²) < 4.78 is 39.2. The highest BCUT2D eigenvalue weighted by atomic mass is 32.2. The number of aromatic nitrogens is 3. The summed E-state index contributed by atoms with van der Waals surface area (Å²) in [5.41, 5.74) is 3.45. The average molecular weight is 494 g/mol. The lowest BCUT2D eigenvalue weighted by Crippen LogP contribution is -2.07. The van der Waals surface area contributed by atoms with Gasteiger partial charge >= 0.3 is 0 Å². The normalized spacial score (nSPS) is 11.9. The lowest BCUT2D eigenvalue weighted by Gasteiger charge is -2.18. The van der Waals surface area contributed by atoms with Crippen molar-refractivity contribution in [1.82, 2.24) is 15.0 Å². The topological polar surface area (TPSA) is 57.1 Å². The van der Waals surface area contributed by atoms with E-state index in [1.54, 1.807) is 24.3 Å². The highest BCUT2D eigenvalue weighted by molar-refractivity contribution is 7.99. The Morgan fingerprint density at radius 1 is 0.943 bits per heavy atom. The molecule has 4 rings (SSSR count). The Hall–Kier alpha value is -3.36. The Labute approximate surface area is 207 Å². The number of ether oxygens (including phenoxy) is 2. The third kappa shape index (κ3) is 6.61. The van der Waals surface area contributed by atoms with Gasteiger partial charge in [-0.2, -0.15) is 0 Å². The molecule has 5 nitrogen and oxygen atoms in total. The molecule has 2 aromatic carbocycles. The SMILES string of the molecule is COc1ncc(-c2cc(C)nc(SCCC(OCc3ccccc3F)c3ccccc3)n2)cc1F. The molecule has 0 fully saturated rings. The highest BCUT2D eigenvalue weighted by Crippen LogP contribution is 2.28. The number of aryl methyl sites for hydroxylation is 1. The smallest absolute Gasteiger partial charge is 0.250 e. The summed E-state index contributed by atoms with van der Waals surface area (Å²) in [6, 6.07) is 19.6. The Bertz CT molecular complexity index is 1270. The van der Waals surface area contributed by atoms with Crippen LogP contribution < -0.4 is 4.74 Å². The first kappa shape index (κ1) is 24.8. The molecule has 0 saturated heterocycles. The van der Waals surface area contributed by atoms with Gasteiger partial charge in [-0.3, -0.25) is 0 Å². The number of benzene rings is 2. The second-order valence-electron chi connectivity index (χ2n) is 7.83. The standard InChI is InChI=1S/C27H25F2N3O2S/c1-18-14-24(21-15-23(29)26(33-2)30-16-21)32-27(31-18)35-13-12-25(19-8-4-3-5-9-19)34-17-20-10-6-7-11-22(20)28/h3-11,14-16,25H,12-13,17H2,1-2H3. The van der Waals surface area contributed by atoms with Crippen LogP contribution in [0.2, 0.25) is 0 Å². The second kappa shape index (κ2) is 11.9. The summed E-state index contributed by atoms with van der Waals surface area (Å²) in [7, 11) is 1.37. The molecule has 35 heavy (non-hydrogen) atoms. The average Bonchev–Trinajstić information content (AvgIpc) is 2.87. The van der Waals surface area contributed by atoms with Gasteiger partial charge in [-0.25, -0.2) is 23.7 Å². The second-order valence-corrected chi connectivity index (χ2v) is 8.89. The van der Waals surface area contributed by atoms with Crippen LogP contribution in [-0.2, 0) is 11.3 Å². The zero-order valence-corrected chi connectivity index (χ0v) is 20.3. The lowest BCUT2D eigenvalue weighted by atomic mass is 10.1. The molecule has 1 atom stereocenters. The van der Waals surface area contributed by atoms with Gasteiger partial charge in [0.15, 0.2) is 11.0 Å². The first-order valence-corrected chi connectivity index (χ1v) is 12.1. The van der Waals surface area contributed by atoms with Crippen LogP contribution in [0.25, 0.3) is 11.3 Å². The minimum absolute atomic E-state index is 0.0588. The zero-order chi connectivity index (χ0) is 24.6. The molecular weight excluding hydrogens is 468 g/mol. The molecule has 0 N–H and O–H groups in total. The number of hydrogen-bond acceptors (Lipinski definition) is 6. The van der Waals surface area contributed by atoms with Crippen LogP contribution in [0.1, 0.15) is 29.3 Å². The molecule has 4 aromatic rings. The number of rotatable bonds is 10. The van der Waals surface area contributed by atoms with Crippen molar-refractivity contribution < 1.29 is 18.3 Å². The van der Waals surface area contributed by atoms with Gasteiger partial charge in [0.1, 0.15) is 5.82 Å². The van der Waals surface area contributed by atoms with Crippen LogP contribution in [0.5, 0.6) is 5.88 Å². The molecule has 0 radical (unpaired) electrons. The maximum Gasteiger partial charge on any atom is 0.250 e. The molecule has 180 valence electrons. The van der Waals surface area contributed by atoms with E-state index in [1.807, 2.05) is 37.3 Å². The fourth-order valence-corrected chi connectivity index (χ4v) is 4.43. The number of halogens is 2. The Balaban J connectivity index is 1.45. The van der Waals surface area contributed by atoms with Gasteiger partial charge < -0.3 is 9.47 Å². The summed E-state index contributed by atoms with van der Waals surface area (Å²) in [5.74, 6) is -0.210. The van der Waals surface area contributed by atoms with E-state index in [0.717, 1.165) is 11.3 Å². The summed E-state index contributed by atoms with van der Waals surface area (Å²) in [5, 5.41) is 0.581. The van der Waals surface area contributed by atoms with Crippen LogP contribution in [0.3, 0.4) is 0 Å². The van der Waals surface area contributed by atoms with Gasteiger partial charge in [0, 0.05) is 28.8 Å². The lowest BCUT2D eigenvalue weighted by molar-refractivity contribution is 0.0364. The van der Waals surface area contributed by atoms with Crippen molar-refractivity contribution in [3.8, 4) is 17.1 Å². The molecular formula is C27H25F2N3O2S. The van der Waals surface area contributed by atoms with Crippen LogP contribution in [0.15, 0.2) is 78.1 Å². The van der Waals surface area contributed by atoms with Crippen molar-refractivity contribution in [3.63, 3.8) is 0 Å². The molecule has 0 aliphatic rings. The monoisotopic (exact) mass is 493 g/mol. The van der Waals surface area contributed by atoms with Crippen LogP contribution >= 0.6 is 11.8 Å². The number of nitrogens with zero attached hydrogens (tertiary/aromatic N) is 3. The summed E-state index contributed by atoms with van der Waals surface area (Å²) in [6.07, 6.45) is 1.99. The van der Waals surface area contributed by atoms with E-state index in [2.05, 4.69) is 15.0 Å². The molecule has 0 bridgehead atoms. The van der Waals surface area contributed by atoms with Crippen molar-refractivity contribution in [2.45, 2.75) is 31.2 Å². The molecule has 8 heteroatoms.